The highest BCUT2D eigenvalue weighted by Gasteiger charge is 2.48. The smallest absolute Gasteiger partial charge is 0.237 e. The monoisotopic (exact) mass is 154 g/mol. The van der Waals surface area contributed by atoms with Crippen molar-refractivity contribution < 1.29 is 4.79 Å². The fourth-order valence-corrected chi connectivity index (χ4v) is 2.51. The summed E-state index contributed by atoms with van der Waals surface area (Å²) in [5.74, 6) is -0.104. The van der Waals surface area contributed by atoms with Gasteiger partial charge < -0.3 is 5.73 Å². The number of carbonyl (C=O) groups is 1. The van der Waals surface area contributed by atoms with Crippen molar-refractivity contribution in [3.63, 3.8) is 0 Å². The molecule has 11 heavy (non-hydrogen) atoms. The molecule has 2 saturated heterocycles. The second-order valence-corrected chi connectivity index (χ2v) is 3.59. The molecule has 2 rings (SSSR count). The van der Waals surface area contributed by atoms with Crippen molar-refractivity contribution in [1.29, 1.82) is 0 Å². The highest BCUT2D eigenvalue weighted by molar-refractivity contribution is 5.85. The van der Waals surface area contributed by atoms with Gasteiger partial charge in [-0.25, -0.2) is 0 Å². The first-order valence-corrected chi connectivity index (χ1v) is 4.31. The highest BCUT2D eigenvalue weighted by atomic mass is 16.1. The van der Waals surface area contributed by atoms with E-state index >= 15 is 0 Å². The molecule has 2 heterocycles. The van der Waals surface area contributed by atoms with Crippen LogP contribution in [-0.4, -0.2) is 29.4 Å². The molecule has 62 valence electrons. The van der Waals surface area contributed by atoms with Gasteiger partial charge in [0.05, 0.1) is 0 Å². The minimum atomic E-state index is -0.222. The number of amides is 1. The molecule has 2 aliphatic heterocycles. The van der Waals surface area contributed by atoms with Crippen molar-refractivity contribution in [3.8, 4) is 0 Å². The third-order valence-electron chi connectivity index (χ3n) is 3.10. The standard InChI is InChI=1S/C8H14N2O/c9-7(11)8-3-1-5-10(8)6-2-4-8/h1-6H2,(H2,9,11). The molecule has 2 aliphatic rings. The van der Waals surface area contributed by atoms with Gasteiger partial charge in [-0.3, -0.25) is 9.69 Å². The van der Waals surface area contributed by atoms with Gasteiger partial charge in [0.15, 0.2) is 0 Å². The van der Waals surface area contributed by atoms with Gasteiger partial charge in [0.2, 0.25) is 5.91 Å². The molecule has 0 spiro atoms. The first-order valence-electron chi connectivity index (χ1n) is 4.31. The van der Waals surface area contributed by atoms with Gasteiger partial charge in [0.25, 0.3) is 0 Å². The van der Waals surface area contributed by atoms with Crippen molar-refractivity contribution in [1.82, 2.24) is 4.90 Å². The molecule has 0 aromatic heterocycles. The Balaban J connectivity index is 2.26. The maximum atomic E-state index is 11.2. The quantitative estimate of drug-likeness (QED) is 0.582. The molecule has 2 fully saturated rings. The van der Waals surface area contributed by atoms with E-state index in [0.717, 1.165) is 38.8 Å². The Kier molecular flexibility index (Phi) is 1.42. The summed E-state index contributed by atoms with van der Waals surface area (Å²) in [5, 5.41) is 0. The van der Waals surface area contributed by atoms with E-state index in [2.05, 4.69) is 4.90 Å². The van der Waals surface area contributed by atoms with Crippen LogP contribution < -0.4 is 5.73 Å². The molecule has 1 amide bonds. The summed E-state index contributed by atoms with van der Waals surface area (Å²) in [6.07, 6.45) is 4.26. The fourth-order valence-electron chi connectivity index (χ4n) is 2.51. The molecule has 0 unspecified atom stereocenters. The van der Waals surface area contributed by atoms with E-state index in [1.165, 1.54) is 0 Å². The predicted molar refractivity (Wildman–Crippen MR) is 42.0 cm³/mol. The third kappa shape index (κ3) is 0.805. The lowest BCUT2D eigenvalue weighted by Gasteiger charge is -2.27. The van der Waals surface area contributed by atoms with Crippen molar-refractivity contribution in [2.45, 2.75) is 31.2 Å². The molecule has 0 aromatic carbocycles. The Bertz CT molecular complexity index is 181. The highest BCUT2D eigenvalue weighted by Crippen LogP contribution is 2.38. The second-order valence-electron chi connectivity index (χ2n) is 3.59. The first kappa shape index (κ1) is 7.10. The van der Waals surface area contributed by atoms with Crippen molar-refractivity contribution in [3.05, 3.63) is 0 Å². The molecule has 2 N–H and O–H groups in total. The number of fused-ring (bicyclic) bond motifs is 1. The number of hydrogen-bond acceptors (Lipinski definition) is 2. The summed E-state index contributed by atoms with van der Waals surface area (Å²) in [6, 6.07) is 0. The van der Waals surface area contributed by atoms with Gasteiger partial charge in [-0.2, -0.15) is 0 Å². The van der Waals surface area contributed by atoms with Crippen LogP contribution in [0.2, 0.25) is 0 Å². The first-order chi connectivity index (χ1) is 5.26. The average molecular weight is 154 g/mol. The van der Waals surface area contributed by atoms with E-state index in [9.17, 15) is 4.79 Å². The SMILES string of the molecule is NC(=O)C12CCCN1CCC2. The van der Waals surface area contributed by atoms with Crippen molar-refractivity contribution in [2.75, 3.05) is 13.1 Å². The van der Waals surface area contributed by atoms with E-state index in [0.29, 0.717) is 0 Å². The number of nitrogens with two attached hydrogens (primary N) is 1. The number of nitrogens with zero attached hydrogens (tertiary/aromatic N) is 1. The maximum Gasteiger partial charge on any atom is 0.237 e. The van der Waals surface area contributed by atoms with Gasteiger partial charge in [-0.1, -0.05) is 0 Å². The zero-order chi connectivity index (χ0) is 7.90. The predicted octanol–water partition coefficient (Wildman–Crippen LogP) is 0.100. The van der Waals surface area contributed by atoms with Crippen LogP contribution in [0, 0.1) is 0 Å². The molecular weight excluding hydrogens is 140 g/mol. The number of hydrogen-bond donors (Lipinski definition) is 1. The van der Waals surface area contributed by atoms with E-state index in [1.54, 1.807) is 0 Å². The summed E-state index contributed by atoms with van der Waals surface area (Å²) in [5.41, 5.74) is 5.17. The zero-order valence-corrected chi connectivity index (χ0v) is 6.68. The Hall–Kier alpha value is -0.570. The van der Waals surface area contributed by atoms with Crippen LogP contribution in [0.15, 0.2) is 0 Å². The van der Waals surface area contributed by atoms with Crippen molar-refractivity contribution in [2.24, 2.45) is 5.73 Å². The summed E-state index contributed by atoms with van der Waals surface area (Å²) in [7, 11) is 0. The van der Waals surface area contributed by atoms with Gasteiger partial charge >= 0.3 is 0 Å². The van der Waals surface area contributed by atoms with Crippen LogP contribution >= 0.6 is 0 Å². The van der Waals surface area contributed by atoms with Gasteiger partial charge in [-0.05, 0) is 38.8 Å². The van der Waals surface area contributed by atoms with Crippen LogP contribution in [0.3, 0.4) is 0 Å². The van der Waals surface area contributed by atoms with Gasteiger partial charge in [0, 0.05) is 0 Å². The van der Waals surface area contributed by atoms with Crippen LogP contribution in [0.5, 0.6) is 0 Å². The van der Waals surface area contributed by atoms with Crippen LogP contribution in [0.1, 0.15) is 25.7 Å². The summed E-state index contributed by atoms with van der Waals surface area (Å²) in [4.78, 5) is 13.4. The Labute approximate surface area is 66.5 Å². The Morgan fingerprint density at radius 3 is 2.18 bits per heavy atom. The lowest BCUT2D eigenvalue weighted by Crippen LogP contribution is -2.49. The number of carbonyl (C=O) groups excluding carboxylic acids is 1. The van der Waals surface area contributed by atoms with Crippen LogP contribution in [0.25, 0.3) is 0 Å². The molecule has 0 aromatic rings. The maximum absolute atomic E-state index is 11.2. The second kappa shape index (κ2) is 2.21. The van der Waals surface area contributed by atoms with E-state index in [1.807, 2.05) is 0 Å². The lowest BCUT2D eigenvalue weighted by molar-refractivity contribution is -0.127. The van der Waals surface area contributed by atoms with Crippen LogP contribution in [-0.2, 0) is 4.79 Å². The molecular formula is C8H14N2O. The average Bonchev–Trinajstić information content (AvgIpc) is 2.40. The number of primary amides is 1. The Morgan fingerprint density at radius 2 is 1.82 bits per heavy atom. The number of rotatable bonds is 1. The van der Waals surface area contributed by atoms with E-state index in [-0.39, 0.29) is 11.4 Å². The molecule has 0 atom stereocenters. The molecule has 0 bridgehead atoms. The molecule has 0 aliphatic carbocycles. The fraction of sp³-hybridized carbons (Fsp3) is 0.875. The normalized spacial score (nSPS) is 28.7. The van der Waals surface area contributed by atoms with E-state index in [4.69, 9.17) is 5.73 Å². The topological polar surface area (TPSA) is 46.3 Å². The molecule has 0 saturated carbocycles. The molecule has 3 heteroatoms. The Morgan fingerprint density at radius 1 is 1.27 bits per heavy atom. The minimum absolute atomic E-state index is 0.104. The largest absolute Gasteiger partial charge is 0.368 e. The summed E-state index contributed by atoms with van der Waals surface area (Å²) in [6.45, 7) is 2.14. The van der Waals surface area contributed by atoms with Crippen LogP contribution in [0.4, 0.5) is 0 Å². The zero-order valence-electron chi connectivity index (χ0n) is 6.68. The van der Waals surface area contributed by atoms with Gasteiger partial charge in [-0.15, -0.1) is 0 Å². The lowest BCUT2D eigenvalue weighted by atomic mass is 9.94. The van der Waals surface area contributed by atoms with Gasteiger partial charge in [0.1, 0.15) is 5.54 Å². The van der Waals surface area contributed by atoms with E-state index < -0.39 is 0 Å². The minimum Gasteiger partial charge on any atom is -0.368 e. The van der Waals surface area contributed by atoms with Crippen molar-refractivity contribution >= 4 is 5.91 Å². The third-order valence-corrected chi connectivity index (χ3v) is 3.10. The summed E-state index contributed by atoms with van der Waals surface area (Å²) < 4.78 is 0. The molecule has 0 radical (unpaired) electrons. The summed E-state index contributed by atoms with van der Waals surface area (Å²) >= 11 is 0. The molecule has 3 nitrogen and oxygen atoms in total.